The average molecular weight is 294 g/mol. The predicted molar refractivity (Wildman–Crippen MR) is 84.7 cm³/mol. The summed E-state index contributed by atoms with van der Waals surface area (Å²) in [7, 11) is 1.82. The predicted octanol–water partition coefficient (Wildman–Crippen LogP) is 3.91. The van der Waals surface area contributed by atoms with Crippen LogP contribution in [0.5, 0.6) is 5.75 Å². The van der Waals surface area contributed by atoms with Gasteiger partial charge in [0.25, 0.3) is 0 Å². The van der Waals surface area contributed by atoms with Gasteiger partial charge in [-0.25, -0.2) is 0 Å². The number of nitro benzene ring substituents is 1. The first kappa shape index (κ1) is 17.4. The molecule has 0 heterocycles. The molecule has 0 radical (unpaired) electrons. The third-order valence-corrected chi connectivity index (χ3v) is 3.62. The minimum atomic E-state index is -0.374. The van der Waals surface area contributed by atoms with Crippen molar-refractivity contribution in [1.82, 2.24) is 5.32 Å². The van der Waals surface area contributed by atoms with Gasteiger partial charge >= 0.3 is 5.69 Å². The molecule has 0 amide bonds. The Morgan fingerprint density at radius 2 is 2.14 bits per heavy atom. The highest BCUT2D eigenvalue weighted by molar-refractivity contribution is 5.48. The number of nitrogens with one attached hydrogen (secondary N) is 1. The molecule has 0 aliphatic rings. The fourth-order valence-corrected chi connectivity index (χ4v) is 2.25. The largest absolute Gasteiger partial charge is 0.487 e. The van der Waals surface area contributed by atoms with Crippen molar-refractivity contribution in [3.05, 3.63) is 33.9 Å². The molecule has 1 N–H and O–H groups in total. The SMILES string of the molecule is CCCCC(CC)COc1ccc(CNC)cc1[N+](=O)[O-]. The lowest BCUT2D eigenvalue weighted by Crippen LogP contribution is -2.12. The molecule has 1 rings (SSSR count). The summed E-state index contributed by atoms with van der Waals surface area (Å²) in [5.74, 6) is 0.830. The molecule has 0 bridgehead atoms. The van der Waals surface area contributed by atoms with E-state index in [-0.39, 0.29) is 10.6 Å². The molecule has 0 fully saturated rings. The Labute approximate surface area is 126 Å². The van der Waals surface area contributed by atoms with Gasteiger partial charge in [-0.05, 0) is 31.0 Å². The van der Waals surface area contributed by atoms with Gasteiger partial charge in [0, 0.05) is 12.6 Å². The van der Waals surface area contributed by atoms with Crippen molar-refractivity contribution >= 4 is 5.69 Å². The number of nitro groups is 1. The van der Waals surface area contributed by atoms with Crippen LogP contribution >= 0.6 is 0 Å². The van der Waals surface area contributed by atoms with E-state index < -0.39 is 0 Å². The quantitative estimate of drug-likeness (QED) is 0.525. The number of hydrogen-bond acceptors (Lipinski definition) is 4. The van der Waals surface area contributed by atoms with Crippen molar-refractivity contribution in [3.8, 4) is 5.75 Å². The number of rotatable bonds is 10. The zero-order valence-electron chi connectivity index (χ0n) is 13.2. The lowest BCUT2D eigenvalue weighted by molar-refractivity contribution is -0.386. The second-order valence-electron chi connectivity index (χ2n) is 5.32. The topological polar surface area (TPSA) is 64.4 Å². The van der Waals surface area contributed by atoms with Gasteiger partial charge in [0.2, 0.25) is 0 Å². The molecule has 0 saturated carbocycles. The molecular formula is C16H26N2O3. The maximum absolute atomic E-state index is 11.2. The van der Waals surface area contributed by atoms with Gasteiger partial charge < -0.3 is 10.1 Å². The summed E-state index contributed by atoms with van der Waals surface area (Å²) in [5, 5.41) is 14.2. The van der Waals surface area contributed by atoms with E-state index in [4.69, 9.17) is 4.74 Å². The highest BCUT2D eigenvalue weighted by Gasteiger charge is 2.17. The van der Waals surface area contributed by atoms with Crippen LogP contribution in [-0.2, 0) is 6.54 Å². The van der Waals surface area contributed by atoms with Gasteiger partial charge in [0.1, 0.15) is 0 Å². The van der Waals surface area contributed by atoms with E-state index in [9.17, 15) is 10.1 Å². The molecule has 5 heteroatoms. The van der Waals surface area contributed by atoms with Gasteiger partial charge in [-0.2, -0.15) is 0 Å². The van der Waals surface area contributed by atoms with Gasteiger partial charge in [-0.3, -0.25) is 10.1 Å². The second kappa shape index (κ2) is 9.34. The Kier molecular flexibility index (Phi) is 7.75. The molecule has 0 aromatic heterocycles. The molecule has 5 nitrogen and oxygen atoms in total. The molecular weight excluding hydrogens is 268 g/mol. The van der Waals surface area contributed by atoms with Crippen LogP contribution in [-0.4, -0.2) is 18.6 Å². The van der Waals surface area contributed by atoms with Gasteiger partial charge in [-0.15, -0.1) is 0 Å². The Morgan fingerprint density at radius 1 is 1.38 bits per heavy atom. The van der Waals surface area contributed by atoms with E-state index in [0.717, 1.165) is 24.8 Å². The first-order valence-corrected chi connectivity index (χ1v) is 7.67. The lowest BCUT2D eigenvalue weighted by Gasteiger charge is -2.15. The van der Waals surface area contributed by atoms with Crippen LogP contribution in [0.25, 0.3) is 0 Å². The number of nitrogens with zero attached hydrogens (tertiary/aromatic N) is 1. The lowest BCUT2D eigenvalue weighted by atomic mass is 10.0. The highest BCUT2D eigenvalue weighted by atomic mass is 16.6. The minimum Gasteiger partial charge on any atom is -0.487 e. The van der Waals surface area contributed by atoms with Crippen molar-refractivity contribution in [2.45, 2.75) is 46.1 Å². The summed E-state index contributed by atoms with van der Waals surface area (Å²) < 4.78 is 5.72. The number of unbranched alkanes of at least 4 members (excludes halogenated alkanes) is 1. The molecule has 1 atom stereocenters. The molecule has 1 aromatic rings. The van der Waals surface area contributed by atoms with Gasteiger partial charge in [0.05, 0.1) is 11.5 Å². The summed E-state index contributed by atoms with van der Waals surface area (Å²) in [5.41, 5.74) is 0.933. The number of benzene rings is 1. The second-order valence-corrected chi connectivity index (χ2v) is 5.32. The molecule has 21 heavy (non-hydrogen) atoms. The van der Waals surface area contributed by atoms with Crippen molar-refractivity contribution in [2.75, 3.05) is 13.7 Å². The van der Waals surface area contributed by atoms with Crippen LogP contribution in [0, 0.1) is 16.0 Å². The van der Waals surface area contributed by atoms with E-state index in [1.165, 1.54) is 6.42 Å². The Balaban J connectivity index is 2.75. The van der Waals surface area contributed by atoms with Gasteiger partial charge in [0.15, 0.2) is 5.75 Å². The monoisotopic (exact) mass is 294 g/mol. The van der Waals surface area contributed by atoms with Crippen LogP contribution in [0.15, 0.2) is 18.2 Å². The molecule has 0 spiro atoms. The van der Waals surface area contributed by atoms with Crippen molar-refractivity contribution in [2.24, 2.45) is 5.92 Å². The van der Waals surface area contributed by atoms with E-state index in [0.29, 0.717) is 24.8 Å². The smallest absolute Gasteiger partial charge is 0.311 e. The summed E-state index contributed by atoms with van der Waals surface area (Å²) >= 11 is 0. The molecule has 1 unspecified atom stereocenters. The summed E-state index contributed by atoms with van der Waals surface area (Å²) in [6, 6.07) is 5.15. The number of hydrogen-bond donors (Lipinski definition) is 1. The van der Waals surface area contributed by atoms with Crippen LogP contribution in [0.4, 0.5) is 5.69 Å². The number of ether oxygens (including phenoxy) is 1. The molecule has 1 aromatic carbocycles. The maximum atomic E-state index is 11.2. The van der Waals surface area contributed by atoms with E-state index in [1.807, 2.05) is 13.1 Å². The Bertz CT molecular complexity index is 449. The third kappa shape index (κ3) is 5.71. The average Bonchev–Trinajstić information content (AvgIpc) is 2.48. The Hall–Kier alpha value is -1.62. The summed E-state index contributed by atoms with van der Waals surface area (Å²) in [6.07, 6.45) is 4.48. The van der Waals surface area contributed by atoms with Crippen molar-refractivity contribution < 1.29 is 9.66 Å². The fourth-order valence-electron chi connectivity index (χ4n) is 2.25. The highest BCUT2D eigenvalue weighted by Crippen LogP contribution is 2.29. The van der Waals surface area contributed by atoms with Gasteiger partial charge in [-0.1, -0.05) is 39.2 Å². The summed E-state index contributed by atoms with van der Waals surface area (Å²) in [6.45, 7) is 5.45. The van der Waals surface area contributed by atoms with E-state index in [1.54, 1.807) is 12.1 Å². The molecule has 0 aliphatic heterocycles. The first-order chi connectivity index (χ1) is 10.1. The zero-order chi connectivity index (χ0) is 15.7. The molecule has 118 valence electrons. The van der Waals surface area contributed by atoms with E-state index >= 15 is 0 Å². The van der Waals surface area contributed by atoms with Crippen molar-refractivity contribution in [3.63, 3.8) is 0 Å². The third-order valence-electron chi connectivity index (χ3n) is 3.62. The summed E-state index contributed by atoms with van der Waals surface area (Å²) in [4.78, 5) is 10.8. The fraction of sp³-hybridized carbons (Fsp3) is 0.625. The van der Waals surface area contributed by atoms with Crippen LogP contribution in [0.3, 0.4) is 0 Å². The zero-order valence-corrected chi connectivity index (χ0v) is 13.2. The minimum absolute atomic E-state index is 0.0492. The van der Waals surface area contributed by atoms with E-state index in [2.05, 4.69) is 19.2 Å². The first-order valence-electron chi connectivity index (χ1n) is 7.67. The molecule has 0 aliphatic carbocycles. The van der Waals surface area contributed by atoms with Crippen LogP contribution < -0.4 is 10.1 Å². The Morgan fingerprint density at radius 3 is 2.71 bits per heavy atom. The molecule has 0 saturated heterocycles. The maximum Gasteiger partial charge on any atom is 0.311 e. The normalized spacial score (nSPS) is 12.1. The van der Waals surface area contributed by atoms with Crippen LogP contribution in [0.2, 0.25) is 0 Å². The van der Waals surface area contributed by atoms with Crippen molar-refractivity contribution in [1.29, 1.82) is 0 Å². The standard InChI is InChI=1S/C16H26N2O3/c1-4-6-7-13(5-2)12-21-16-9-8-14(11-17-3)10-15(16)18(19)20/h8-10,13,17H,4-7,11-12H2,1-3H3. The van der Waals surface area contributed by atoms with Crippen LogP contribution in [0.1, 0.15) is 45.1 Å².